The Morgan fingerprint density at radius 1 is 1.19 bits per heavy atom. The third kappa shape index (κ3) is 6.57. The van der Waals surface area contributed by atoms with Gasteiger partial charge in [-0.05, 0) is 26.3 Å². The molecular weight excluding hydrogens is 274 g/mol. The summed E-state index contributed by atoms with van der Waals surface area (Å²) in [6.45, 7) is 4.74. The van der Waals surface area contributed by atoms with E-state index in [0.29, 0.717) is 0 Å². The van der Waals surface area contributed by atoms with Gasteiger partial charge in [-0.3, -0.25) is 0 Å². The monoisotopic (exact) mass is 297 g/mol. The minimum Gasteiger partial charge on any atom is -0.427 e. The van der Waals surface area contributed by atoms with Crippen molar-refractivity contribution in [2.24, 2.45) is 0 Å². The van der Waals surface area contributed by atoms with Crippen molar-refractivity contribution < 1.29 is 24.6 Å². The van der Waals surface area contributed by atoms with Gasteiger partial charge in [0.05, 0.1) is 25.8 Å². The normalized spacial score (nSPS) is 11.8. The number of aliphatic hydroxyl groups excluding tert-OH is 2. The smallest absolute Gasteiger partial charge is 0.427 e. The number of aliphatic hydroxyl groups is 2. The van der Waals surface area contributed by atoms with Crippen molar-refractivity contribution in [3.8, 4) is 0 Å². The molecule has 0 aliphatic rings. The number of carbonyl (C=O) groups is 1. The summed E-state index contributed by atoms with van der Waals surface area (Å²) in [5.41, 5.74) is 0.205. The highest BCUT2D eigenvalue weighted by Gasteiger charge is 2.25. The van der Waals surface area contributed by atoms with Gasteiger partial charge < -0.3 is 19.8 Å². The van der Waals surface area contributed by atoms with Gasteiger partial charge in [0.1, 0.15) is 5.60 Å². The van der Waals surface area contributed by atoms with Crippen LogP contribution in [-0.4, -0.2) is 46.3 Å². The molecule has 118 valence electrons. The van der Waals surface area contributed by atoms with E-state index in [1.807, 2.05) is 30.3 Å². The summed E-state index contributed by atoms with van der Waals surface area (Å²) >= 11 is 0. The van der Waals surface area contributed by atoms with Crippen LogP contribution in [0.3, 0.4) is 0 Å². The first-order chi connectivity index (χ1) is 9.85. The number of ether oxygens (including phenoxy) is 1. The molecule has 6 nitrogen and oxygen atoms in total. The summed E-state index contributed by atoms with van der Waals surface area (Å²) in [7, 11) is 0. The minimum atomic E-state index is -0.870. The van der Waals surface area contributed by atoms with Crippen LogP contribution in [0.15, 0.2) is 30.3 Å². The molecular formula is C15H23NO5. The number of carbonyl (C=O) groups excluding carboxylic acids is 1. The molecule has 0 atom stereocenters. The van der Waals surface area contributed by atoms with Crippen LogP contribution in [0, 0.1) is 0 Å². The van der Waals surface area contributed by atoms with Crippen LogP contribution in [0.2, 0.25) is 0 Å². The van der Waals surface area contributed by atoms with E-state index < -0.39 is 17.8 Å². The second-order valence-corrected chi connectivity index (χ2v) is 5.64. The molecule has 1 aromatic carbocycles. The van der Waals surface area contributed by atoms with Gasteiger partial charge in [0, 0.05) is 0 Å². The van der Waals surface area contributed by atoms with E-state index in [0.717, 1.165) is 5.56 Å². The quantitative estimate of drug-likeness (QED) is 0.614. The molecule has 0 aliphatic heterocycles. The summed E-state index contributed by atoms with van der Waals surface area (Å²) in [5.74, 6) is 0. The molecule has 6 heteroatoms. The second-order valence-electron chi connectivity index (χ2n) is 5.64. The Bertz CT molecular complexity index is 425. The molecule has 0 amide bonds. The van der Waals surface area contributed by atoms with E-state index in [9.17, 15) is 15.0 Å². The van der Waals surface area contributed by atoms with Crippen molar-refractivity contribution in [1.82, 2.24) is 5.06 Å². The van der Waals surface area contributed by atoms with Gasteiger partial charge in [-0.1, -0.05) is 30.3 Å². The largest absolute Gasteiger partial charge is 0.528 e. The van der Waals surface area contributed by atoms with Gasteiger partial charge in [0.15, 0.2) is 0 Å². The highest BCUT2D eigenvalue weighted by molar-refractivity contribution is 5.60. The maximum absolute atomic E-state index is 11.7. The molecule has 0 aromatic heterocycles. The number of benzene rings is 1. The zero-order valence-electron chi connectivity index (χ0n) is 12.7. The lowest BCUT2D eigenvalue weighted by molar-refractivity contribution is -0.185. The predicted molar refractivity (Wildman–Crippen MR) is 77.3 cm³/mol. The molecule has 0 bridgehead atoms. The van der Waals surface area contributed by atoms with E-state index in [1.54, 1.807) is 20.8 Å². The Morgan fingerprint density at radius 2 is 1.76 bits per heavy atom. The van der Waals surface area contributed by atoms with E-state index in [-0.39, 0.29) is 19.8 Å². The Labute approximate surface area is 124 Å². The molecule has 0 spiro atoms. The highest BCUT2D eigenvalue weighted by Crippen LogP contribution is 2.13. The highest BCUT2D eigenvalue weighted by atomic mass is 16.8. The lowest BCUT2D eigenvalue weighted by Gasteiger charge is -2.28. The van der Waals surface area contributed by atoms with Crippen LogP contribution in [0.5, 0.6) is 0 Å². The van der Waals surface area contributed by atoms with Crippen molar-refractivity contribution >= 4 is 6.16 Å². The molecule has 0 fully saturated rings. The van der Waals surface area contributed by atoms with Gasteiger partial charge >= 0.3 is 6.16 Å². The van der Waals surface area contributed by atoms with E-state index in [2.05, 4.69) is 0 Å². The summed E-state index contributed by atoms with van der Waals surface area (Å²) in [6, 6.07) is 8.59. The topological polar surface area (TPSA) is 79.2 Å². The summed E-state index contributed by atoms with van der Waals surface area (Å²) < 4.78 is 5.08. The molecule has 0 heterocycles. The van der Waals surface area contributed by atoms with Gasteiger partial charge in [-0.15, -0.1) is 5.06 Å². The number of hydroxylamine groups is 2. The average molecular weight is 297 g/mol. The fourth-order valence-corrected chi connectivity index (χ4v) is 1.60. The van der Waals surface area contributed by atoms with Gasteiger partial charge in [0.25, 0.3) is 0 Å². The number of hydrogen-bond donors (Lipinski definition) is 2. The fourth-order valence-electron chi connectivity index (χ4n) is 1.60. The molecule has 0 unspecified atom stereocenters. The molecule has 0 aliphatic carbocycles. The Kier molecular flexibility index (Phi) is 6.61. The molecule has 0 saturated carbocycles. The Morgan fingerprint density at radius 3 is 2.24 bits per heavy atom. The van der Waals surface area contributed by atoms with Gasteiger partial charge in [-0.25, -0.2) is 4.79 Å². The van der Waals surface area contributed by atoms with Crippen molar-refractivity contribution in [3.63, 3.8) is 0 Å². The summed E-state index contributed by atoms with van der Waals surface area (Å²) in [6.07, 6.45) is -0.870. The van der Waals surface area contributed by atoms with Crippen LogP contribution < -0.4 is 0 Å². The zero-order valence-corrected chi connectivity index (χ0v) is 12.7. The van der Waals surface area contributed by atoms with Crippen LogP contribution in [-0.2, 0) is 16.1 Å². The van der Waals surface area contributed by atoms with Gasteiger partial charge in [0.2, 0.25) is 0 Å². The van der Waals surface area contributed by atoms with Crippen molar-refractivity contribution in [3.05, 3.63) is 35.9 Å². The second kappa shape index (κ2) is 7.97. The maximum Gasteiger partial charge on any atom is 0.528 e. The van der Waals surface area contributed by atoms with E-state index in [1.165, 1.54) is 5.06 Å². The van der Waals surface area contributed by atoms with Crippen molar-refractivity contribution in [2.45, 2.75) is 39.0 Å². The Hall–Kier alpha value is -1.63. The summed E-state index contributed by atoms with van der Waals surface area (Å²) in [5, 5.41) is 19.8. The van der Waals surface area contributed by atoms with Gasteiger partial charge in [-0.2, -0.15) is 0 Å². The number of hydrogen-bond acceptors (Lipinski definition) is 6. The minimum absolute atomic E-state index is 0.242. The number of nitrogens with zero attached hydrogens (tertiary/aromatic N) is 1. The first-order valence-corrected chi connectivity index (χ1v) is 6.79. The van der Waals surface area contributed by atoms with Crippen LogP contribution in [0.25, 0.3) is 0 Å². The molecule has 21 heavy (non-hydrogen) atoms. The molecule has 1 rings (SSSR count). The first kappa shape index (κ1) is 17.4. The molecule has 1 aromatic rings. The first-order valence-electron chi connectivity index (χ1n) is 6.79. The SMILES string of the molecule is CC(C)(C)OC(=O)ON(Cc1ccccc1)C(CO)CO. The summed E-state index contributed by atoms with van der Waals surface area (Å²) in [4.78, 5) is 16.9. The number of rotatable bonds is 6. The standard InChI is InChI=1S/C15H23NO5/c1-15(2,3)20-14(19)21-16(13(10-17)11-18)9-12-7-5-4-6-8-12/h4-8,13,17-18H,9-11H2,1-3H3. The third-order valence-corrected chi connectivity index (χ3v) is 2.59. The molecule has 2 N–H and O–H groups in total. The molecule has 0 saturated heterocycles. The third-order valence-electron chi connectivity index (χ3n) is 2.59. The predicted octanol–water partition coefficient (Wildman–Crippen LogP) is 1.71. The average Bonchev–Trinajstić information content (AvgIpc) is 2.39. The Balaban J connectivity index is 2.75. The van der Waals surface area contributed by atoms with E-state index in [4.69, 9.17) is 9.57 Å². The van der Waals surface area contributed by atoms with Crippen LogP contribution >= 0.6 is 0 Å². The zero-order chi connectivity index (χ0) is 15.9. The van der Waals surface area contributed by atoms with E-state index >= 15 is 0 Å². The van der Waals surface area contributed by atoms with Crippen LogP contribution in [0.1, 0.15) is 26.3 Å². The maximum atomic E-state index is 11.7. The fraction of sp³-hybridized carbons (Fsp3) is 0.533. The van der Waals surface area contributed by atoms with Crippen LogP contribution in [0.4, 0.5) is 4.79 Å². The van der Waals surface area contributed by atoms with Crippen molar-refractivity contribution in [2.75, 3.05) is 13.2 Å². The van der Waals surface area contributed by atoms with Crippen molar-refractivity contribution in [1.29, 1.82) is 0 Å². The lowest BCUT2D eigenvalue weighted by Crippen LogP contribution is -2.42. The lowest BCUT2D eigenvalue weighted by atomic mass is 10.2. The molecule has 0 radical (unpaired) electrons.